The van der Waals surface area contributed by atoms with Crippen LogP contribution in [-0.4, -0.2) is 27.8 Å². The second-order valence-corrected chi connectivity index (χ2v) is 7.05. The molecule has 0 unspecified atom stereocenters. The van der Waals surface area contributed by atoms with E-state index in [1.54, 1.807) is 7.11 Å². The number of carbonyl (C=O) groups is 1. The summed E-state index contributed by atoms with van der Waals surface area (Å²) in [6.07, 6.45) is 4.90. The molecule has 1 aliphatic heterocycles. The van der Waals surface area contributed by atoms with Crippen molar-refractivity contribution < 1.29 is 9.53 Å². The Balaban J connectivity index is 1.42. The molecular weight excluding hydrogens is 352 g/mol. The van der Waals surface area contributed by atoms with Gasteiger partial charge in [-0.2, -0.15) is 0 Å². The average Bonchev–Trinajstić information content (AvgIpc) is 2.97. The summed E-state index contributed by atoms with van der Waals surface area (Å²) in [4.78, 5) is 12.3. The van der Waals surface area contributed by atoms with Crippen LogP contribution in [0.3, 0.4) is 0 Å². The van der Waals surface area contributed by atoms with Gasteiger partial charge in [0.05, 0.1) is 13.5 Å². The normalized spacial score (nSPS) is 13.5. The molecule has 0 saturated heterocycles. The fourth-order valence-electron chi connectivity index (χ4n) is 3.54. The number of anilines is 1. The fraction of sp³-hybridized carbons (Fsp3) is 0.318. The molecule has 6 heteroatoms. The molecule has 0 spiro atoms. The number of nitrogens with one attached hydrogen (secondary N) is 1. The number of carbonyl (C=O) groups excluding carboxylic acids is 1. The Morgan fingerprint density at radius 1 is 1.04 bits per heavy atom. The van der Waals surface area contributed by atoms with Crippen molar-refractivity contribution in [1.29, 1.82) is 0 Å². The molecule has 0 saturated carbocycles. The Bertz CT molecular complexity index is 946. The molecule has 3 aromatic rings. The summed E-state index contributed by atoms with van der Waals surface area (Å²) in [7, 11) is 1.63. The molecule has 0 bridgehead atoms. The van der Waals surface area contributed by atoms with Crippen LogP contribution in [0, 0.1) is 0 Å². The van der Waals surface area contributed by atoms with E-state index in [-0.39, 0.29) is 5.91 Å². The van der Waals surface area contributed by atoms with E-state index in [1.165, 1.54) is 12.8 Å². The fourth-order valence-corrected chi connectivity index (χ4v) is 3.54. The molecule has 1 amide bonds. The first kappa shape index (κ1) is 18.2. The van der Waals surface area contributed by atoms with Crippen molar-refractivity contribution in [3.63, 3.8) is 0 Å². The maximum atomic E-state index is 12.3. The van der Waals surface area contributed by atoms with Crippen molar-refractivity contribution >= 4 is 11.6 Å². The van der Waals surface area contributed by atoms with Gasteiger partial charge in [-0.25, -0.2) is 0 Å². The van der Waals surface area contributed by atoms with Crippen molar-refractivity contribution in [2.75, 3.05) is 12.4 Å². The lowest BCUT2D eigenvalue weighted by Crippen LogP contribution is -2.14. The highest BCUT2D eigenvalue weighted by atomic mass is 16.5. The molecular formula is C22H24N4O2. The van der Waals surface area contributed by atoms with Crippen LogP contribution < -0.4 is 10.1 Å². The maximum absolute atomic E-state index is 12.3. The summed E-state index contributed by atoms with van der Waals surface area (Å²) in [5, 5.41) is 11.7. The molecule has 2 aromatic carbocycles. The monoisotopic (exact) mass is 376 g/mol. The Hall–Kier alpha value is -3.15. The lowest BCUT2D eigenvalue weighted by atomic mass is 10.1. The van der Waals surface area contributed by atoms with Gasteiger partial charge in [-0.1, -0.05) is 18.6 Å². The van der Waals surface area contributed by atoms with Crippen LogP contribution in [0.2, 0.25) is 0 Å². The third-order valence-electron chi connectivity index (χ3n) is 5.06. The number of fused-ring (bicyclic) bond motifs is 1. The topological polar surface area (TPSA) is 69.0 Å². The second-order valence-electron chi connectivity index (χ2n) is 7.05. The first-order valence-electron chi connectivity index (χ1n) is 9.68. The molecule has 0 aliphatic carbocycles. The Kier molecular flexibility index (Phi) is 5.37. The van der Waals surface area contributed by atoms with Gasteiger partial charge < -0.3 is 14.6 Å². The van der Waals surface area contributed by atoms with E-state index in [0.29, 0.717) is 6.42 Å². The van der Waals surface area contributed by atoms with Crippen LogP contribution in [0.1, 0.15) is 30.7 Å². The molecule has 6 nitrogen and oxygen atoms in total. The van der Waals surface area contributed by atoms with Crippen LogP contribution >= 0.6 is 0 Å². The molecule has 0 atom stereocenters. The van der Waals surface area contributed by atoms with Gasteiger partial charge in [-0.05, 0) is 54.8 Å². The number of aromatic nitrogens is 3. The lowest BCUT2D eigenvalue weighted by Gasteiger charge is -2.09. The highest BCUT2D eigenvalue weighted by molar-refractivity contribution is 5.92. The summed E-state index contributed by atoms with van der Waals surface area (Å²) in [5.74, 6) is 2.72. The van der Waals surface area contributed by atoms with E-state index in [2.05, 4.69) is 20.1 Å². The van der Waals surface area contributed by atoms with Crippen LogP contribution in [0.15, 0.2) is 48.5 Å². The smallest absolute Gasteiger partial charge is 0.228 e. The van der Waals surface area contributed by atoms with Crippen molar-refractivity contribution in [3.05, 3.63) is 59.9 Å². The number of benzene rings is 2. The predicted molar refractivity (Wildman–Crippen MR) is 108 cm³/mol. The number of amides is 1. The zero-order chi connectivity index (χ0) is 19.3. The zero-order valence-electron chi connectivity index (χ0n) is 16.0. The van der Waals surface area contributed by atoms with Gasteiger partial charge >= 0.3 is 0 Å². The molecule has 1 aromatic heterocycles. The van der Waals surface area contributed by atoms with E-state index < -0.39 is 0 Å². The Labute approximate surface area is 164 Å². The molecule has 2 heterocycles. The van der Waals surface area contributed by atoms with Crippen molar-refractivity contribution in [2.45, 2.75) is 38.6 Å². The van der Waals surface area contributed by atoms with Gasteiger partial charge in [0.25, 0.3) is 0 Å². The number of hydrogen-bond acceptors (Lipinski definition) is 4. The SMILES string of the molecule is COc1ccc(CC(=O)Nc2ccc(-c3nnc4n3CCCCC4)cc2)cc1. The van der Waals surface area contributed by atoms with Gasteiger partial charge in [0, 0.05) is 24.2 Å². The number of nitrogens with zero attached hydrogens (tertiary/aromatic N) is 3. The van der Waals surface area contributed by atoms with Crippen LogP contribution in [-0.2, 0) is 24.2 Å². The maximum Gasteiger partial charge on any atom is 0.228 e. The van der Waals surface area contributed by atoms with Crippen molar-refractivity contribution in [1.82, 2.24) is 14.8 Å². The van der Waals surface area contributed by atoms with Gasteiger partial charge in [0.1, 0.15) is 11.6 Å². The summed E-state index contributed by atoms with van der Waals surface area (Å²) < 4.78 is 7.37. The summed E-state index contributed by atoms with van der Waals surface area (Å²) in [6, 6.07) is 15.3. The van der Waals surface area contributed by atoms with Crippen molar-refractivity contribution in [3.8, 4) is 17.1 Å². The summed E-state index contributed by atoms with van der Waals surface area (Å²) in [5.41, 5.74) is 2.74. The van der Waals surface area contributed by atoms with Gasteiger partial charge in [-0.3, -0.25) is 4.79 Å². The molecule has 28 heavy (non-hydrogen) atoms. The number of ether oxygens (including phenoxy) is 1. The van der Waals surface area contributed by atoms with Crippen LogP contribution in [0.5, 0.6) is 5.75 Å². The van der Waals surface area contributed by atoms with Crippen molar-refractivity contribution in [2.24, 2.45) is 0 Å². The zero-order valence-corrected chi connectivity index (χ0v) is 16.0. The number of rotatable bonds is 5. The quantitative estimate of drug-likeness (QED) is 0.734. The van der Waals surface area contributed by atoms with E-state index in [0.717, 1.165) is 53.6 Å². The van der Waals surface area contributed by atoms with Crippen LogP contribution in [0.4, 0.5) is 5.69 Å². The molecule has 144 valence electrons. The van der Waals surface area contributed by atoms with E-state index in [9.17, 15) is 4.79 Å². The first-order valence-corrected chi connectivity index (χ1v) is 9.68. The molecule has 1 N–H and O–H groups in total. The largest absolute Gasteiger partial charge is 0.497 e. The highest BCUT2D eigenvalue weighted by Gasteiger charge is 2.16. The van der Waals surface area contributed by atoms with E-state index in [1.807, 2.05) is 48.5 Å². The second kappa shape index (κ2) is 8.25. The van der Waals surface area contributed by atoms with Gasteiger partial charge in [0.15, 0.2) is 5.82 Å². The third-order valence-corrected chi connectivity index (χ3v) is 5.06. The third kappa shape index (κ3) is 4.06. The van der Waals surface area contributed by atoms with E-state index in [4.69, 9.17) is 4.74 Å². The summed E-state index contributed by atoms with van der Waals surface area (Å²) >= 11 is 0. The standard InChI is InChI=1S/C22H24N4O2/c1-28-19-12-6-16(7-13-19)15-21(27)23-18-10-8-17(9-11-18)22-25-24-20-5-3-2-4-14-26(20)22/h6-13H,2-5,14-15H2,1H3,(H,23,27). The lowest BCUT2D eigenvalue weighted by molar-refractivity contribution is -0.115. The minimum absolute atomic E-state index is 0.0470. The molecule has 1 aliphatic rings. The highest BCUT2D eigenvalue weighted by Crippen LogP contribution is 2.24. The Morgan fingerprint density at radius 3 is 2.57 bits per heavy atom. The van der Waals surface area contributed by atoms with Gasteiger partial charge in [0.2, 0.25) is 5.91 Å². The number of aryl methyl sites for hydroxylation is 1. The predicted octanol–water partition coefficient (Wildman–Crippen LogP) is 3.86. The summed E-state index contributed by atoms with van der Waals surface area (Å²) in [6.45, 7) is 0.970. The van der Waals surface area contributed by atoms with Crippen LogP contribution in [0.25, 0.3) is 11.4 Å². The minimum Gasteiger partial charge on any atom is -0.497 e. The first-order chi connectivity index (χ1) is 13.7. The molecule has 4 rings (SSSR count). The van der Waals surface area contributed by atoms with E-state index >= 15 is 0 Å². The number of methoxy groups -OCH3 is 1. The minimum atomic E-state index is -0.0470. The van der Waals surface area contributed by atoms with Gasteiger partial charge in [-0.15, -0.1) is 10.2 Å². The molecule has 0 radical (unpaired) electrons. The molecule has 0 fully saturated rings. The Morgan fingerprint density at radius 2 is 1.82 bits per heavy atom. The number of hydrogen-bond donors (Lipinski definition) is 1. The average molecular weight is 376 g/mol.